The molecule has 3 aromatic rings. The minimum absolute atomic E-state index is 0.0522. The minimum Gasteiger partial charge on any atom is -0.508 e. The van der Waals surface area contributed by atoms with Crippen molar-refractivity contribution in [3.05, 3.63) is 36.4 Å². The van der Waals surface area contributed by atoms with Gasteiger partial charge in [-0.1, -0.05) is 5.16 Å². The molecule has 0 saturated carbocycles. The molecular weight excluding hydrogens is 251 g/mol. The number of rotatable bonds is 2. The first kappa shape index (κ1) is 11.4. The Morgan fingerprint density at radius 2 is 2.21 bits per heavy atom. The summed E-state index contributed by atoms with van der Waals surface area (Å²) in [4.78, 5) is 4.10. The summed E-state index contributed by atoms with van der Waals surface area (Å²) in [7, 11) is 1.77. The molecule has 0 fully saturated rings. The first-order chi connectivity index (χ1) is 9.13. The quantitative estimate of drug-likeness (QED) is 0.762. The zero-order chi connectivity index (χ0) is 13.4. The maximum atomic E-state index is 13.6. The van der Waals surface area contributed by atoms with E-state index in [-0.39, 0.29) is 17.2 Å². The molecule has 0 atom stereocenters. The lowest BCUT2D eigenvalue weighted by atomic mass is 10.2. The summed E-state index contributed by atoms with van der Waals surface area (Å²) in [5.41, 5.74) is 0.817. The van der Waals surface area contributed by atoms with Gasteiger partial charge in [-0.15, -0.1) is 0 Å². The lowest BCUT2D eigenvalue weighted by molar-refractivity contribution is 0.428. The molecule has 3 rings (SSSR count). The number of phenolic OH excluding ortho intramolecular Hbond substituents is 1. The summed E-state index contributed by atoms with van der Waals surface area (Å²) < 4.78 is 20.3. The van der Waals surface area contributed by atoms with Gasteiger partial charge in [-0.25, -0.2) is 4.39 Å². The number of hydrogen-bond donors (Lipinski definition) is 1. The lowest BCUT2D eigenvalue weighted by Crippen LogP contribution is -1.85. The summed E-state index contributed by atoms with van der Waals surface area (Å²) in [6.45, 7) is 0. The van der Waals surface area contributed by atoms with Gasteiger partial charge < -0.3 is 9.63 Å². The zero-order valence-electron chi connectivity index (χ0n) is 9.91. The highest BCUT2D eigenvalue weighted by molar-refractivity contribution is 5.59. The summed E-state index contributed by atoms with van der Waals surface area (Å²) in [6, 6.07) is 3.72. The van der Waals surface area contributed by atoms with Crippen LogP contribution in [0.3, 0.4) is 0 Å². The molecule has 2 heterocycles. The van der Waals surface area contributed by atoms with Gasteiger partial charge in [0.2, 0.25) is 5.82 Å². The molecule has 2 aromatic heterocycles. The third kappa shape index (κ3) is 2.05. The average Bonchev–Trinajstić information content (AvgIpc) is 2.97. The molecule has 7 heteroatoms. The predicted octanol–water partition coefficient (Wildman–Crippen LogP) is 1.98. The van der Waals surface area contributed by atoms with Crippen molar-refractivity contribution in [3.8, 4) is 28.6 Å². The molecule has 1 aromatic carbocycles. The summed E-state index contributed by atoms with van der Waals surface area (Å²) >= 11 is 0. The number of hydrogen-bond acceptors (Lipinski definition) is 5. The Hall–Kier alpha value is -2.70. The van der Waals surface area contributed by atoms with Crippen LogP contribution in [0.25, 0.3) is 22.8 Å². The standard InChI is InChI=1S/C12H9FN4O2/c1-17-6-7(5-14-17)11-15-12(19-16-11)9-3-2-8(18)4-10(9)13/h2-6,18H,1H3. The second-order valence-electron chi connectivity index (χ2n) is 3.99. The van der Waals surface area contributed by atoms with Crippen LogP contribution < -0.4 is 0 Å². The molecule has 0 unspecified atom stereocenters. The van der Waals surface area contributed by atoms with Gasteiger partial charge in [0, 0.05) is 19.3 Å². The SMILES string of the molecule is Cn1cc(-c2noc(-c3ccc(O)cc3F)n2)cn1. The molecule has 0 amide bonds. The number of phenols is 1. The van der Waals surface area contributed by atoms with Crippen molar-refractivity contribution in [2.75, 3.05) is 0 Å². The van der Waals surface area contributed by atoms with E-state index < -0.39 is 5.82 Å². The average molecular weight is 260 g/mol. The smallest absolute Gasteiger partial charge is 0.261 e. The van der Waals surface area contributed by atoms with Crippen molar-refractivity contribution < 1.29 is 14.0 Å². The highest BCUT2D eigenvalue weighted by Crippen LogP contribution is 2.26. The van der Waals surface area contributed by atoms with Crippen LogP contribution in [0.15, 0.2) is 35.1 Å². The van der Waals surface area contributed by atoms with Crippen LogP contribution in [0, 0.1) is 5.82 Å². The van der Waals surface area contributed by atoms with Gasteiger partial charge in [-0.05, 0) is 12.1 Å². The number of benzene rings is 1. The van der Waals surface area contributed by atoms with Crippen LogP contribution in [0.1, 0.15) is 0 Å². The molecule has 0 saturated heterocycles. The number of nitrogens with zero attached hydrogens (tertiary/aromatic N) is 4. The fraction of sp³-hybridized carbons (Fsp3) is 0.0833. The van der Waals surface area contributed by atoms with E-state index >= 15 is 0 Å². The van der Waals surface area contributed by atoms with Crippen LogP contribution in [-0.2, 0) is 7.05 Å². The Kier molecular flexibility index (Phi) is 2.52. The first-order valence-electron chi connectivity index (χ1n) is 5.45. The number of aromatic nitrogens is 4. The van der Waals surface area contributed by atoms with E-state index in [9.17, 15) is 4.39 Å². The van der Waals surface area contributed by atoms with E-state index in [0.717, 1.165) is 6.07 Å². The molecule has 0 aliphatic rings. The predicted molar refractivity (Wildman–Crippen MR) is 63.6 cm³/mol. The maximum absolute atomic E-state index is 13.6. The molecule has 19 heavy (non-hydrogen) atoms. The van der Waals surface area contributed by atoms with E-state index in [2.05, 4.69) is 15.2 Å². The fourth-order valence-electron chi connectivity index (χ4n) is 1.66. The molecule has 6 nitrogen and oxygen atoms in total. The zero-order valence-corrected chi connectivity index (χ0v) is 9.91. The summed E-state index contributed by atoms with van der Waals surface area (Å²) in [5, 5.41) is 16.9. The van der Waals surface area contributed by atoms with Crippen LogP contribution in [0.4, 0.5) is 4.39 Å². The maximum Gasteiger partial charge on any atom is 0.261 e. The fourth-order valence-corrected chi connectivity index (χ4v) is 1.66. The van der Waals surface area contributed by atoms with Gasteiger partial charge in [0.05, 0.1) is 17.3 Å². The van der Waals surface area contributed by atoms with Crippen molar-refractivity contribution >= 4 is 0 Å². The summed E-state index contributed by atoms with van der Waals surface area (Å²) in [6.07, 6.45) is 3.31. The van der Waals surface area contributed by atoms with Gasteiger partial charge in [0.25, 0.3) is 5.89 Å². The molecule has 0 aliphatic heterocycles. The van der Waals surface area contributed by atoms with E-state index in [0.29, 0.717) is 11.4 Å². The van der Waals surface area contributed by atoms with Gasteiger partial charge in [0.1, 0.15) is 11.6 Å². The Bertz CT molecular complexity index is 735. The molecule has 0 aliphatic carbocycles. The third-order valence-corrected chi connectivity index (χ3v) is 2.57. The largest absolute Gasteiger partial charge is 0.508 e. The molecule has 0 spiro atoms. The van der Waals surface area contributed by atoms with Crippen LogP contribution in [-0.4, -0.2) is 25.0 Å². The monoisotopic (exact) mass is 260 g/mol. The number of aromatic hydroxyl groups is 1. The van der Waals surface area contributed by atoms with E-state index in [1.54, 1.807) is 24.1 Å². The van der Waals surface area contributed by atoms with Crippen molar-refractivity contribution in [1.29, 1.82) is 0 Å². The second kappa shape index (κ2) is 4.20. The molecule has 1 N–H and O–H groups in total. The van der Waals surface area contributed by atoms with Crippen LogP contribution in [0.2, 0.25) is 0 Å². The first-order valence-corrected chi connectivity index (χ1v) is 5.45. The molecule has 0 radical (unpaired) electrons. The minimum atomic E-state index is -0.624. The van der Waals surface area contributed by atoms with Crippen molar-refractivity contribution in [3.63, 3.8) is 0 Å². The number of aryl methyl sites for hydroxylation is 1. The van der Waals surface area contributed by atoms with Gasteiger partial charge in [-0.2, -0.15) is 10.1 Å². The second-order valence-corrected chi connectivity index (χ2v) is 3.99. The lowest BCUT2D eigenvalue weighted by Gasteiger charge is -1.97. The normalized spacial score (nSPS) is 10.8. The Morgan fingerprint density at radius 3 is 2.89 bits per heavy atom. The van der Waals surface area contributed by atoms with Crippen molar-refractivity contribution in [1.82, 2.24) is 19.9 Å². The third-order valence-electron chi connectivity index (χ3n) is 2.57. The molecule has 0 bridgehead atoms. The van der Waals surface area contributed by atoms with Crippen LogP contribution in [0.5, 0.6) is 5.75 Å². The van der Waals surface area contributed by atoms with Crippen LogP contribution >= 0.6 is 0 Å². The van der Waals surface area contributed by atoms with E-state index in [1.165, 1.54) is 12.1 Å². The van der Waals surface area contributed by atoms with Crippen molar-refractivity contribution in [2.24, 2.45) is 7.05 Å². The van der Waals surface area contributed by atoms with Gasteiger partial charge in [-0.3, -0.25) is 4.68 Å². The Morgan fingerprint density at radius 1 is 1.37 bits per heavy atom. The number of halogens is 1. The van der Waals surface area contributed by atoms with Gasteiger partial charge in [0.15, 0.2) is 0 Å². The van der Waals surface area contributed by atoms with Gasteiger partial charge >= 0.3 is 0 Å². The molecule has 96 valence electrons. The van der Waals surface area contributed by atoms with E-state index in [1.807, 2.05) is 0 Å². The Balaban J connectivity index is 2.01. The van der Waals surface area contributed by atoms with Crippen molar-refractivity contribution in [2.45, 2.75) is 0 Å². The highest BCUT2D eigenvalue weighted by Gasteiger charge is 2.15. The topological polar surface area (TPSA) is 77.0 Å². The highest BCUT2D eigenvalue weighted by atomic mass is 19.1. The molecular formula is C12H9FN4O2. The Labute approximate surface area is 107 Å². The summed E-state index contributed by atoms with van der Waals surface area (Å²) in [5.74, 6) is -0.401. The van der Waals surface area contributed by atoms with E-state index in [4.69, 9.17) is 9.63 Å².